The lowest BCUT2D eigenvalue weighted by atomic mass is 10.0. The number of amides is 1. The standard InChI is InChI=1S/C27H31ClN2O4S/c1-6-24(21-12-15-26(34-5)19(3)16-21)29-27(31)17-30(25-9-7-8-23(28)20(25)4)35(32,33)22-13-10-18(2)11-14-22/h7-16,24H,6,17H2,1-5H3,(H,29,31)/t24-/m1/s1. The second-order valence-corrected chi connectivity index (χ2v) is 10.7. The largest absolute Gasteiger partial charge is 0.496 e. The molecule has 0 heterocycles. The first-order chi connectivity index (χ1) is 16.6. The molecular formula is C27H31ClN2O4S. The number of hydrogen-bond acceptors (Lipinski definition) is 4. The molecule has 1 amide bonds. The number of benzene rings is 3. The van der Waals surface area contributed by atoms with E-state index >= 15 is 0 Å². The monoisotopic (exact) mass is 514 g/mol. The minimum atomic E-state index is -4.03. The first-order valence-electron chi connectivity index (χ1n) is 11.4. The van der Waals surface area contributed by atoms with E-state index in [1.807, 2.05) is 39.0 Å². The number of rotatable bonds is 9. The fourth-order valence-electron chi connectivity index (χ4n) is 3.91. The van der Waals surface area contributed by atoms with Crippen LogP contribution in [0.25, 0.3) is 0 Å². The molecule has 0 aromatic heterocycles. The van der Waals surface area contributed by atoms with Crippen LogP contribution in [0.2, 0.25) is 5.02 Å². The van der Waals surface area contributed by atoms with Crippen LogP contribution in [0.4, 0.5) is 5.69 Å². The molecule has 0 saturated heterocycles. The summed E-state index contributed by atoms with van der Waals surface area (Å²) in [6.07, 6.45) is 0.637. The van der Waals surface area contributed by atoms with Crippen molar-refractivity contribution in [2.75, 3.05) is 18.0 Å². The first kappa shape index (κ1) is 26.6. The third kappa shape index (κ3) is 5.97. The van der Waals surface area contributed by atoms with Gasteiger partial charge in [0.15, 0.2) is 0 Å². The summed E-state index contributed by atoms with van der Waals surface area (Å²) in [7, 11) is -2.42. The molecule has 0 spiro atoms. The lowest BCUT2D eigenvalue weighted by molar-refractivity contribution is -0.120. The maximum atomic E-state index is 13.7. The van der Waals surface area contributed by atoms with E-state index in [9.17, 15) is 13.2 Å². The van der Waals surface area contributed by atoms with Gasteiger partial charge in [0.05, 0.1) is 23.7 Å². The lowest BCUT2D eigenvalue weighted by Crippen LogP contribution is -2.42. The summed E-state index contributed by atoms with van der Waals surface area (Å²) in [5.74, 6) is 0.349. The van der Waals surface area contributed by atoms with Gasteiger partial charge in [-0.25, -0.2) is 8.42 Å². The van der Waals surface area contributed by atoms with Crippen molar-refractivity contribution in [1.82, 2.24) is 5.32 Å². The third-order valence-electron chi connectivity index (χ3n) is 5.97. The molecule has 0 aliphatic rings. The van der Waals surface area contributed by atoms with Crippen LogP contribution in [-0.2, 0) is 14.8 Å². The maximum Gasteiger partial charge on any atom is 0.264 e. The number of carbonyl (C=O) groups excluding carboxylic acids is 1. The molecule has 186 valence electrons. The van der Waals surface area contributed by atoms with Crippen molar-refractivity contribution in [3.05, 3.63) is 87.9 Å². The van der Waals surface area contributed by atoms with Gasteiger partial charge in [0, 0.05) is 5.02 Å². The van der Waals surface area contributed by atoms with Crippen molar-refractivity contribution in [2.45, 2.75) is 45.1 Å². The van der Waals surface area contributed by atoms with Gasteiger partial charge < -0.3 is 10.1 Å². The zero-order valence-corrected chi connectivity index (χ0v) is 22.2. The smallest absolute Gasteiger partial charge is 0.264 e. The van der Waals surface area contributed by atoms with Gasteiger partial charge >= 0.3 is 0 Å². The number of anilines is 1. The number of ether oxygens (including phenoxy) is 1. The maximum absolute atomic E-state index is 13.7. The van der Waals surface area contributed by atoms with E-state index in [4.69, 9.17) is 16.3 Å². The van der Waals surface area contributed by atoms with Gasteiger partial charge in [-0.15, -0.1) is 0 Å². The molecule has 6 nitrogen and oxygen atoms in total. The Balaban J connectivity index is 1.95. The summed E-state index contributed by atoms with van der Waals surface area (Å²) < 4.78 is 33.8. The number of nitrogens with one attached hydrogen (secondary N) is 1. The highest BCUT2D eigenvalue weighted by atomic mass is 35.5. The predicted octanol–water partition coefficient (Wildman–Crippen LogP) is 5.74. The van der Waals surface area contributed by atoms with Gasteiger partial charge in [-0.2, -0.15) is 0 Å². The van der Waals surface area contributed by atoms with Crippen LogP contribution >= 0.6 is 11.6 Å². The second kappa shape index (κ2) is 11.1. The zero-order chi connectivity index (χ0) is 25.8. The lowest BCUT2D eigenvalue weighted by Gasteiger charge is -2.27. The SMILES string of the molecule is CC[C@@H](NC(=O)CN(c1cccc(Cl)c1C)S(=O)(=O)c1ccc(C)cc1)c1ccc(OC)c(C)c1. The van der Waals surface area contributed by atoms with Crippen molar-refractivity contribution in [1.29, 1.82) is 0 Å². The topological polar surface area (TPSA) is 75.7 Å². The van der Waals surface area contributed by atoms with Gasteiger partial charge in [0.1, 0.15) is 12.3 Å². The van der Waals surface area contributed by atoms with Crippen molar-refractivity contribution >= 4 is 33.2 Å². The molecule has 3 aromatic rings. The number of sulfonamides is 1. The highest BCUT2D eigenvalue weighted by Crippen LogP contribution is 2.31. The Bertz CT molecular complexity index is 1310. The van der Waals surface area contributed by atoms with Gasteiger partial charge in [0.2, 0.25) is 5.91 Å². The molecule has 0 fully saturated rings. The molecule has 0 unspecified atom stereocenters. The molecule has 3 aromatic carbocycles. The predicted molar refractivity (Wildman–Crippen MR) is 141 cm³/mol. The molecule has 35 heavy (non-hydrogen) atoms. The van der Waals surface area contributed by atoms with E-state index in [1.54, 1.807) is 56.5 Å². The number of carbonyl (C=O) groups is 1. The summed E-state index contributed by atoms with van der Waals surface area (Å²) in [5.41, 5.74) is 3.76. The number of halogens is 1. The zero-order valence-electron chi connectivity index (χ0n) is 20.6. The Morgan fingerprint density at radius 2 is 1.74 bits per heavy atom. The summed E-state index contributed by atoms with van der Waals surface area (Å²) in [4.78, 5) is 13.3. The summed E-state index contributed by atoms with van der Waals surface area (Å²) in [5, 5.41) is 3.42. The first-order valence-corrected chi connectivity index (χ1v) is 13.2. The van der Waals surface area contributed by atoms with E-state index in [2.05, 4.69) is 5.32 Å². The average Bonchev–Trinajstić information content (AvgIpc) is 2.83. The van der Waals surface area contributed by atoms with Crippen LogP contribution in [0.15, 0.2) is 65.6 Å². The number of nitrogens with zero attached hydrogens (tertiary/aromatic N) is 1. The molecular weight excluding hydrogens is 484 g/mol. The highest BCUT2D eigenvalue weighted by molar-refractivity contribution is 7.92. The van der Waals surface area contributed by atoms with Crippen LogP contribution in [0.1, 0.15) is 41.6 Å². The average molecular weight is 515 g/mol. The van der Waals surface area contributed by atoms with Crippen LogP contribution in [0.5, 0.6) is 5.75 Å². The van der Waals surface area contributed by atoms with Gasteiger partial charge in [-0.05, 0) is 74.2 Å². The minimum absolute atomic E-state index is 0.105. The van der Waals surface area contributed by atoms with E-state index in [1.165, 1.54) is 0 Å². The summed E-state index contributed by atoms with van der Waals surface area (Å²) in [6.45, 7) is 7.14. The van der Waals surface area contributed by atoms with Crippen molar-refractivity contribution in [3.63, 3.8) is 0 Å². The van der Waals surface area contributed by atoms with Crippen molar-refractivity contribution < 1.29 is 17.9 Å². The van der Waals surface area contributed by atoms with Crippen LogP contribution < -0.4 is 14.4 Å². The quantitative estimate of drug-likeness (QED) is 0.395. The molecule has 1 N–H and O–H groups in total. The Kier molecular flexibility index (Phi) is 8.46. The van der Waals surface area contributed by atoms with Crippen LogP contribution in [0.3, 0.4) is 0 Å². The Labute approximate surface area is 212 Å². The summed E-state index contributed by atoms with van der Waals surface area (Å²) >= 11 is 6.31. The fraction of sp³-hybridized carbons (Fsp3) is 0.296. The Morgan fingerprint density at radius 3 is 2.34 bits per heavy atom. The Morgan fingerprint density at radius 1 is 1.06 bits per heavy atom. The number of hydrogen-bond donors (Lipinski definition) is 1. The number of methoxy groups -OCH3 is 1. The van der Waals surface area contributed by atoms with E-state index < -0.39 is 15.9 Å². The molecule has 3 rings (SSSR count). The molecule has 8 heteroatoms. The normalized spacial score (nSPS) is 12.2. The Hall–Kier alpha value is -3.03. The summed E-state index contributed by atoms with van der Waals surface area (Å²) in [6, 6.07) is 17.0. The van der Waals surface area contributed by atoms with E-state index in [0.29, 0.717) is 22.7 Å². The highest BCUT2D eigenvalue weighted by Gasteiger charge is 2.29. The molecule has 0 aliphatic heterocycles. The molecule has 1 atom stereocenters. The van der Waals surface area contributed by atoms with Crippen LogP contribution in [-0.4, -0.2) is 28.0 Å². The minimum Gasteiger partial charge on any atom is -0.496 e. The molecule has 0 radical (unpaired) electrons. The van der Waals surface area contributed by atoms with E-state index in [-0.39, 0.29) is 17.5 Å². The molecule has 0 bridgehead atoms. The van der Waals surface area contributed by atoms with Crippen molar-refractivity contribution in [3.8, 4) is 5.75 Å². The molecule has 0 aliphatic carbocycles. The van der Waals surface area contributed by atoms with Gasteiger partial charge in [-0.1, -0.05) is 54.4 Å². The number of aryl methyl sites for hydroxylation is 2. The third-order valence-corrected chi connectivity index (χ3v) is 8.15. The molecule has 0 saturated carbocycles. The van der Waals surface area contributed by atoms with Gasteiger partial charge in [0.25, 0.3) is 10.0 Å². The van der Waals surface area contributed by atoms with Gasteiger partial charge in [-0.3, -0.25) is 9.10 Å². The fourth-order valence-corrected chi connectivity index (χ4v) is 5.56. The van der Waals surface area contributed by atoms with Crippen molar-refractivity contribution in [2.24, 2.45) is 0 Å². The second-order valence-electron chi connectivity index (χ2n) is 8.47. The van der Waals surface area contributed by atoms with E-state index in [0.717, 1.165) is 26.7 Å². The van der Waals surface area contributed by atoms with Crippen LogP contribution in [0, 0.1) is 20.8 Å².